The van der Waals surface area contributed by atoms with Gasteiger partial charge in [-0.2, -0.15) is 0 Å². The highest BCUT2D eigenvalue weighted by atomic mass is 32.2. The third kappa shape index (κ3) is 2.37. The minimum absolute atomic E-state index is 0.0701. The second kappa shape index (κ2) is 6.36. The van der Waals surface area contributed by atoms with Crippen LogP contribution >= 0.6 is 11.8 Å². The number of hydrogen-bond acceptors (Lipinski definition) is 4. The average Bonchev–Trinajstić information content (AvgIpc) is 2.85. The Kier molecular flexibility index (Phi) is 4.55. The summed E-state index contributed by atoms with van der Waals surface area (Å²) in [4.78, 5) is 24.5. The van der Waals surface area contributed by atoms with Crippen LogP contribution in [0.25, 0.3) is 0 Å². The summed E-state index contributed by atoms with van der Waals surface area (Å²) in [5, 5.41) is 10.9. The van der Waals surface area contributed by atoms with Crippen molar-refractivity contribution < 1.29 is 23.5 Å². The van der Waals surface area contributed by atoms with E-state index in [0.29, 0.717) is 30.2 Å². The average molecular weight is 409 g/mol. The van der Waals surface area contributed by atoms with Gasteiger partial charge in [-0.05, 0) is 61.7 Å². The molecule has 1 N–H and O–H groups in total. The first-order valence-electron chi connectivity index (χ1n) is 9.85. The fourth-order valence-electron chi connectivity index (χ4n) is 6.47. The van der Waals surface area contributed by atoms with Gasteiger partial charge in [-0.3, -0.25) is 9.59 Å². The van der Waals surface area contributed by atoms with Gasteiger partial charge in [0.2, 0.25) is 5.12 Å². The summed E-state index contributed by atoms with van der Waals surface area (Å²) in [6.07, 6.45) is 6.85. The van der Waals surface area contributed by atoms with Crippen LogP contribution < -0.4 is 0 Å². The zero-order valence-electron chi connectivity index (χ0n) is 16.4. The fraction of sp³-hybridized carbons (Fsp3) is 0.636. The third-order valence-electron chi connectivity index (χ3n) is 8.01. The van der Waals surface area contributed by atoms with Gasteiger partial charge in [-0.15, -0.1) is 0 Å². The van der Waals surface area contributed by atoms with E-state index in [4.69, 9.17) is 0 Å². The van der Waals surface area contributed by atoms with Crippen LogP contribution in [0.2, 0.25) is 0 Å². The molecule has 28 heavy (non-hydrogen) atoms. The fourth-order valence-corrected chi connectivity index (χ4v) is 7.22. The molecule has 4 rings (SSSR count). The van der Waals surface area contributed by atoms with Gasteiger partial charge >= 0.3 is 0 Å². The summed E-state index contributed by atoms with van der Waals surface area (Å²) in [5.41, 5.74) is -1.43. The molecule has 0 amide bonds. The normalized spacial score (nSPS) is 47.0. The zero-order chi connectivity index (χ0) is 20.5. The standard InChI is InChI=1S/C22H26F2O3S/c1-12-8-16-14-10-18(24)17-9-13(25)4-6-20(17,2)15(14)5-7-21(16,3)22(12,27)19(26)28-11-23/h4-6,9,12,14,16,18,27H,7-8,10-11H2,1-3H3/t12-,14?,16?,18+,20-,21+,22+/m1/s1. The molecule has 0 bridgehead atoms. The number of carbonyl (C=O) groups is 2. The lowest BCUT2D eigenvalue weighted by Gasteiger charge is -2.54. The predicted octanol–water partition coefficient (Wildman–Crippen LogP) is 4.33. The van der Waals surface area contributed by atoms with Crippen molar-refractivity contribution in [2.24, 2.45) is 28.6 Å². The van der Waals surface area contributed by atoms with Crippen molar-refractivity contribution in [1.82, 2.24) is 0 Å². The van der Waals surface area contributed by atoms with Crippen LogP contribution in [0.5, 0.6) is 0 Å². The summed E-state index contributed by atoms with van der Waals surface area (Å²) in [7, 11) is 0. The molecule has 0 aromatic carbocycles. The first-order chi connectivity index (χ1) is 13.1. The molecule has 0 aliphatic heterocycles. The van der Waals surface area contributed by atoms with E-state index in [1.165, 1.54) is 12.2 Å². The van der Waals surface area contributed by atoms with Crippen molar-refractivity contribution in [2.75, 3.05) is 6.01 Å². The van der Waals surface area contributed by atoms with Crippen LogP contribution in [0.3, 0.4) is 0 Å². The molecule has 6 heteroatoms. The topological polar surface area (TPSA) is 54.4 Å². The monoisotopic (exact) mass is 408 g/mol. The molecule has 152 valence electrons. The van der Waals surface area contributed by atoms with Crippen LogP contribution in [0.4, 0.5) is 8.78 Å². The van der Waals surface area contributed by atoms with Gasteiger partial charge in [0, 0.05) is 10.8 Å². The highest BCUT2D eigenvalue weighted by Crippen LogP contribution is 2.67. The smallest absolute Gasteiger partial charge is 0.223 e. The van der Waals surface area contributed by atoms with Gasteiger partial charge in [-0.25, -0.2) is 8.78 Å². The van der Waals surface area contributed by atoms with E-state index in [2.05, 4.69) is 0 Å². The number of thioether (sulfide) groups is 1. The highest BCUT2D eigenvalue weighted by molar-refractivity contribution is 8.13. The minimum atomic E-state index is -1.63. The van der Waals surface area contributed by atoms with Crippen LogP contribution in [-0.2, 0) is 9.59 Å². The molecule has 2 saturated carbocycles. The van der Waals surface area contributed by atoms with E-state index in [1.807, 2.05) is 26.8 Å². The Bertz CT molecular complexity index is 834. The number of carbonyl (C=O) groups excluding carboxylic acids is 2. The number of fused-ring (bicyclic) bond motifs is 5. The number of aliphatic hydroxyl groups is 1. The SMILES string of the molecule is C[C@@H]1CC2C3C[C@H](F)C4=CC(=O)C=C[C@]4(C)C3=CC[C@]2(C)[C@@]1(O)C(=O)SCF. The maximum Gasteiger partial charge on any atom is 0.223 e. The summed E-state index contributed by atoms with van der Waals surface area (Å²) in [6.45, 7) is 5.68. The van der Waals surface area contributed by atoms with Gasteiger partial charge in [0.15, 0.2) is 5.78 Å². The van der Waals surface area contributed by atoms with Gasteiger partial charge in [0.05, 0.1) is 0 Å². The van der Waals surface area contributed by atoms with Crippen molar-refractivity contribution in [1.29, 1.82) is 0 Å². The molecule has 0 spiro atoms. The van der Waals surface area contributed by atoms with E-state index in [1.54, 1.807) is 6.08 Å². The summed E-state index contributed by atoms with van der Waals surface area (Å²) in [5.74, 6) is -0.701. The van der Waals surface area contributed by atoms with Crippen LogP contribution in [0.15, 0.2) is 35.5 Å². The van der Waals surface area contributed by atoms with E-state index >= 15 is 4.39 Å². The van der Waals surface area contributed by atoms with Gasteiger partial charge in [-0.1, -0.05) is 43.3 Å². The second-order valence-electron chi connectivity index (χ2n) is 9.18. The zero-order valence-corrected chi connectivity index (χ0v) is 17.2. The third-order valence-corrected chi connectivity index (χ3v) is 8.70. The molecule has 0 heterocycles. The molecule has 0 radical (unpaired) electrons. The number of alkyl halides is 2. The molecular formula is C22H26F2O3S. The highest BCUT2D eigenvalue weighted by Gasteiger charge is 2.67. The lowest BCUT2D eigenvalue weighted by Crippen LogP contribution is -2.56. The molecule has 2 fully saturated rings. The molecule has 0 aromatic rings. The van der Waals surface area contributed by atoms with Crippen molar-refractivity contribution in [3.8, 4) is 0 Å². The molecule has 3 nitrogen and oxygen atoms in total. The number of allylic oxidation sites excluding steroid dienone is 6. The second-order valence-corrected chi connectivity index (χ2v) is 10.1. The molecule has 4 aliphatic rings. The molecule has 2 unspecified atom stereocenters. The Hall–Kier alpha value is -1.27. The Morgan fingerprint density at radius 1 is 1.32 bits per heavy atom. The largest absolute Gasteiger partial charge is 0.380 e. The van der Waals surface area contributed by atoms with Crippen molar-refractivity contribution in [2.45, 2.75) is 51.8 Å². The first-order valence-corrected chi connectivity index (χ1v) is 10.8. The van der Waals surface area contributed by atoms with Gasteiger partial charge in [0.25, 0.3) is 0 Å². The number of rotatable bonds is 2. The lowest BCUT2D eigenvalue weighted by molar-refractivity contribution is -0.148. The van der Waals surface area contributed by atoms with E-state index in [-0.39, 0.29) is 30.0 Å². The van der Waals surface area contributed by atoms with Gasteiger partial charge < -0.3 is 5.11 Å². The molecule has 0 aromatic heterocycles. The number of hydrogen-bond donors (Lipinski definition) is 1. The van der Waals surface area contributed by atoms with Crippen LogP contribution in [0, 0.1) is 28.6 Å². The predicted molar refractivity (Wildman–Crippen MR) is 105 cm³/mol. The summed E-state index contributed by atoms with van der Waals surface area (Å²) < 4.78 is 28.1. The summed E-state index contributed by atoms with van der Waals surface area (Å²) in [6, 6.07) is -0.864. The maximum absolute atomic E-state index is 15.2. The van der Waals surface area contributed by atoms with Crippen LogP contribution in [-0.4, -0.2) is 33.8 Å². The van der Waals surface area contributed by atoms with Crippen molar-refractivity contribution >= 4 is 22.7 Å². The number of halogens is 2. The minimum Gasteiger partial charge on any atom is -0.380 e. The Labute approximate surface area is 168 Å². The van der Waals surface area contributed by atoms with E-state index in [9.17, 15) is 19.1 Å². The Morgan fingerprint density at radius 3 is 2.71 bits per heavy atom. The van der Waals surface area contributed by atoms with Gasteiger partial charge in [0.1, 0.15) is 17.8 Å². The molecular weight excluding hydrogens is 382 g/mol. The molecule has 4 aliphatic carbocycles. The van der Waals surface area contributed by atoms with E-state index in [0.717, 1.165) is 5.57 Å². The van der Waals surface area contributed by atoms with Crippen molar-refractivity contribution in [3.05, 3.63) is 35.5 Å². The Balaban J connectivity index is 1.80. The van der Waals surface area contributed by atoms with Crippen molar-refractivity contribution in [3.63, 3.8) is 0 Å². The maximum atomic E-state index is 15.2. The lowest BCUT2D eigenvalue weighted by atomic mass is 9.51. The molecule has 7 atom stereocenters. The Morgan fingerprint density at radius 2 is 2.04 bits per heavy atom. The summed E-state index contributed by atoms with van der Waals surface area (Å²) >= 11 is 0.525. The van der Waals surface area contributed by atoms with Crippen LogP contribution in [0.1, 0.15) is 40.0 Å². The first kappa shape index (κ1) is 20.0. The van der Waals surface area contributed by atoms with E-state index < -0.39 is 33.7 Å². The molecule has 0 saturated heterocycles. The quantitative estimate of drug-likeness (QED) is 0.691. The number of ketones is 1.